The fraction of sp³-hybridized carbons (Fsp3) is 0.292. The van der Waals surface area contributed by atoms with Crippen LogP contribution in [0.1, 0.15) is 35.7 Å². The average Bonchev–Trinajstić information content (AvgIpc) is 2.83. The van der Waals surface area contributed by atoms with Gasteiger partial charge in [0, 0.05) is 12.6 Å². The van der Waals surface area contributed by atoms with Crippen LogP contribution in [0.25, 0.3) is 0 Å². The molecule has 3 aromatic rings. The van der Waals surface area contributed by atoms with E-state index in [1.54, 1.807) is 18.2 Å². The average molecular weight is 453 g/mol. The van der Waals surface area contributed by atoms with E-state index in [1.165, 1.54) is 23.7 Å². The molecule has 9 heteroatoms. The molecule has 1 amide bonds. The number of hydrogen-bond acceptors (Lipinski definition) is 6. The van der Waals surface area contributed by atoms with E-state index >= 15 is 0 Å². The predicted molar refractivity (Wildman–Crippen MR) is 127 cm³/mol. The highest BCUT2D eigenvalue weighted by Gasteiger charge is 2.27. The fourth-order valence-electron chi connectivity index (χ4n) is 3.51. The topological polar surface area (TPSA) is 120 Å². The van der Waals surface area contributed by atoms with Gasteiger partial charge in [-0.1, -0.05) is 43.7 Å². The molecular weight excluding hydrogens is 424 g/mol. The highest BCUT2D eigenvalue weighted by Crippen LogP contribution is 2.28. The number of nitrogen functional groups attached to an aromatic ring is 1. The van der Waals surface area contributed by atoms with Crippen molar-refractivity contribution in [2.45, 2.75) is 26.3 Å². The van der Waals surface area contributed by atoms with Gasteiger partial charge in [0.1, 0.15) is 17.3 Å². The van der Waals surface area contributed by atoms with Gasteiger partial charge in [-0.3, -0.25) is 19.1 Å². The minimum Gasteiger partial charge on any atom is -0.497 e. The third kappa shape index (κ3) is 5.08. The Labute approximate surface area is 191 Å². The van der Waals surface area contributed by atoms with Crippen molar-refractivity contribution in [2.24, 2.45) is 0 Å². The summed E-state index contributed by atoms with van der Waals surface area (Å²) in [6, 6.07) is 14.0. The van der Waals surface area contributed by atoms with Crippen molar-refractivity contribution >= 4 is 17.4 Å². The number of H-pyrrole nitrogens is 1. The number of hydrogen-bond donors (Lipinski definition) is 2. The minimum absolute atomic E-state index is 0.0677. The van der Waals surface area contributed by atoms with Crippen LogP contribution in [0.5, 0.6) is 11.5 Å². The van der Waals surface area contributed by atoms with Gasteiger partial charge in [-0.15, -0.1) is 0 Å². The number of amides is 1. The molecule has 33 heavy (non-hydrogen) atoms. The minimum atomic E-state index is -0.723. The van der Waals surface area contributed by atoms with E-state index in [9.17, 15) is 14.4 Å². The molecule has 0 fully saturated rings. The summed E-state index contributed by atoms with van der Waals surface area (Å²) < 4.78 is 11.8. The van der Waals surface area contributed by atoms with E-state index in [1.807, 2.05) is 37.3 Å². The molecule has 2 aromatic carbocycles. The number of nitrogens with zero attached hydrogens (tertiary/aromatic N) is 2. The third-order valence-corrected chi connectivity index (χ3v) is 5.29. The van der Waals surface area contributed by atoms with Crippen LogP contribution < -0.4 is 31.4 Å². The summed E-state index contributed by atoms with van der Waals surface area (Å²) >= 11 is 0. The summed E-state index contributed by atoms with van der Waals surface area (Å²) in [5.41, 5.74) is 5.97. The van der Waals surface area contributed by atoms with E-state index in [0.29, 0.717) is 17.9 Å². The standard InChI is InChI=1S/C24H28N4O5/c1-4-5-13-27(23(30)18-12-11-17(32-2)14-19(18)33-3)20-21(25)28(24(31)26-22(20)29)15-16-9-7-6-8-10-16/h6-12,14H,4-5,13,15,25H2,1-3H3,(H,26,29,31). The number of nitrogens with two attached hydrogens (primary N) is 1. The SMILES string of the molecule is CCCCN(C(=O)c1ccc(OC)cc1OC)c1c(N)n(Cc2ccccc2)c(=O)[nH]c1=O. The van der Waals surface area contributed by atoms with Gasteiger partial charge in [-0.25, -0.2) is 4.79 Å². The van der Waals surface area contributed by atoms with Crippen LogP contribution >= 0.6 is 0 Å². The summed E-state index contributed by atoms with van der Waals surface area (Å²) in [7, 11) is 2.96. The lowest BCUT2D eigenvalue weighted by molar-refractivity contribution is 0.0983. The number of carbonyl (C=O) groups is 1. The van der Waals surface area contributed by atoms with Crippen LogP contribution in [-0.2, 0) is 6.54 Å². The van der Waals surface area contributed by atoms with Gasteiger partial charge >= 0.3 is 5.69 Å². The Hall–Kier alpha value is -4.01. The fourth-order valence-corrected chi connectivity index (χ4v) is 3.51. The maximum atomic E-state index is 13.6. The summed E-state index contributed by atoms with van der Waals surface area (Å²) in [6.45, 7) is 2.36. The van der Waals surface area contributed by atoms with Crippen molar-refractivity contribution < 1.29 is 14.3 Å². The zero-order valence-corrected chi connectivity index (χ0v) is 19.0. The number of benzene rings is 2. The van der Waals surface area contributed by atoms with Crippen molar-refractivity contribution in [2.75, 3.05) is 31.4 Å². The van der Waals surface area contributed by atoms with Gasteiger partial charge in [-0.05, 0) is 24.1 Å². The number of aromatic amines is 1. The van der Waals surface area contributed by atoms with E-state index < -0.39 is 17.2 Å². The highest BCUT2D eigenvalue weighted by molar-refractivity contribution is 6.09. The molecule has 0 bridgehead atoms. The van der Waals surface area contributed by atoms with Gasteiger partial charge < -0.3 is 20.1 Å². The van der Waals surface area contributed by atoms with Crippen LogP contribution in [0.15, 0.2) is 58.1 Å². The van der Waals surface area contributed by atoms with Crippen LogP contribution in [0.4, 0.5) is 11.5 Å². The van der Waals surface area contributed by atoms with Crippen molar-refractivity contribution in [1.29, 1.82) is 0 Å². The molecule has 0 radical (unpaired) electrons. The summed E-state index contributed by atoms with van der Waals surface area (Å²) in [6.07, 6.45) is 1.41. The number of methoxy groups -OCH3 is 2. The van der Waals surface area contributed by atoms with E-state index in [-0.39, 0.29) is 30.2 Å². The number of unbranched alkanes of at least 4 members (excludes halogenated alkanes) is 1. The lowest BCUT2D eigenvalue weighted by atomic mass is 10.1. The second-order valence-corrected chi connectivity index (χ2v) is 7.44. The summed E-state index contributed by atoms with van der Waals surface area (Å²) in [5, 5.41) is 0. The number of rotatable bonds is 9. The predicted octanol–water partition coefficient (Wildman–Crippen LogP) is 2.63. The molecule has 1 aromatic heterocycles. The first-order valence-electron chi connectivity index (χ1n) is 10.6. The molecule has 174 valence electrons. The molecule has 0 aliphatic carbocycles. The molecule has 0 saturated carbocycles. The van der Waals surface area contributed by atoms with E-state index in [0.717, 1.165) is 12.0 Å². The molecule has 0 spiro atoms. The number of carbonyl (C=O) groups excluding carboxylic acids is 1. The molecular formula is C24H28N4O5. The van der Waals surface area contributed by atoms with E-state index in [4.69, 9.17) is 15.2 Å². The van der Waals surface area contributed by atoms with Crippen molar-refractivity contribution in [3.05, 3.63) is 80.5 Å². The maximum absolute atomic E-state index is 13.6. The van der Waals surface area contributed by atoms with Gasteiger partial charge in [0.05, 0.1) is 26.3 Å². The number of nitrogens with one attached hydrogen (secondary N) is 1. The molecule has 0 aliphatic heterocycles. The van der Waals surface area contributed by atoms with Gasteiger partial charge in [0.15, 0.2) is 5.69 Å². The number of anilines is 2. The van der Waals surface area contributed by atoms with Gasteiger partial charge in [0.25, 0.3) is 11.5 Å². The molecule has 0 unspecified atom stereocenters. The number of ether oxygens (including phenoxy) is 2. The Balaban J connectivity index is 2.13. The first kappa shape index (κ1) is 23.6. The molecule has 0 atom stereocenters. The second kappa shape index (κ2) is 10.5. The first-order chi connectivity index (χ1) is 15.9. The van der Waals surface area contributed by atoms with Gasteiger partial charge in [0.2, 0.25) is 0 Å². The Bertz CT molecular complexity index is 1230. The quantitative estimate of drug-likeness (QED) is 0.515. The van der Waals surface area contributed by atoms with Crippen molar-refractivity contribution in [3.8, 4) is 11.5 Å². The first-order valence-corrected chi connectivity index (χ1v) is 10.6. The molecule has 3 rings (SSSR count). The number of aromatic nitrogens is 2. The van der Waals surface area contributed by atoms with E-state index in [2.05, 4.69) is 4.98 Å². The Kier molecular flexibility index (Phi) is 7.55. The zero-order valence-electron chi connectivity index (χ0n) is 19.0. The lowest BCUT2D eigenvalue weighted by Gasteiger charge is -2.25. The van der Waals surface area contributed by atoms with Crippen LogP contribution in [0, 0.1) is 0 Å². The second-order valence-electron chi connectivity index (χ2n) is 7.44. The highest BCUT2D eigenvalue weighted by atomic mass is 16.5. The zero-order chi connectivity index (χ0) is 24.0. The van der Waals surface area contributed by atoms with Crippen molar-refractivity contribution in [1.82, 2.24) is 9.55 Å². The van der Waals surface area contributed by atoms with Gasteiger partial charge in [-0.2, -0.15) is 0 Å². The molecule has 0 aliphatic rings. The van der Waals surface area contributed by atoms with Crippen LogP contribution in [-0.4, -0.2) is 36.2 Å². The summed E-state index contributed by atoms with van der Waals surface area (Å²) in [5.74, 6) is 0.278. The van der Waals surface area contributed by atoms with Crippen LogP contribution in [0.2, 0.25) is 0 Å². The normalized spacial score (nSPS) is 10.6. The monoisotopic (exact) mass is 452 g/mol. The molecule has 3 N–H and O–H groups in total. The molecule has 0 saturated heterocycles. The maximum Gasteiger partial charge on any atom is 0.330 e. The van der Waals surface area contributed by atoms with Crippen molar-refractivity contribution in [3.63, 3.8) is 0 Å². The molecule has 1 heterocycles. The summed E-state index contributed by atoms with van der Waals surface area (Å²) in [4.78, 5) is 42.6. The van der Waals surface area contributed by atoms with Crippen LogP contribution in [0.3, 0.4) is 0 Å². The Morgan fingerprint density at radius 3 is 2.45 bits per heavy atom. The lowest BCUT2D eigenvalue weighted by Crippen LogP contribution is -2.41. The third-order valence-electron chi connectivity index (χ3n) is 5.29. The molecule has 9 nitrogen and oxygen atoms in total. The Morgan fingerprint density at radius 1 is 1.09 bits per heavy atom. The Morgan fingerprint density at radius 2 is 1.82 bits per heavy atom. The largest absolute Gasteiger partial charge is 0.497 e. The smallest absolute Gasteiger partial charge is 0.330 e.